The molecule has 174 valence electrons. The first-order chi connectivity index (χ1) is 14.8. The highest BCUT2D eigenvalue weighted by Crippen LogP contribution is 2.23. The lowest BCUT2D eigenvalue weighted by Gasteiger charge is -2.32. The van der Waals surface area contributed by atoms with Crippen molar-refractivity contribution in [2.75, 3.05) is 0 Å². The van der Waals surface area contributed by atoms with Crippen molar-refractivity contribution in [1.29, 1.82) is 0 Å². The Hall–Kier alpha value is -2.62. The molecule has 0 aliphatic carbocycles. The molecular formula is C28H40N2O2. The zero-order chi connectivity index (χ0) is 24.1. The van der Waals surface area contributed by atoms with E-state index in [0.29, 0.717) is 19.4 Å². The molecule has 0 spiro atoms. The van der Waals surface area contributed by atoms with Gasteiger partial charge < -0.3 is 10.2 Å². The van der Waals surface area contributed by atoms with Gasteiger partial charge in [0.2, 0.25) is 11.8 Å². The zero-order valence-corrected chi connectivity index (χ0v) is 21.1. The van der Waals surface area contributed by atoms with Crippen molar-refractivity contribution >= 4 is 11.8 Å². The fourth-order valence-corrected chi connectivity index (χ4v) is 3.59. The molecular weight excluding hydrogens is 396 g/mol. The van der Waals surface area contributed by atoms with Gasteiger partial charge in [0, 0.05) is 18.5 Å². The molecule has 0 unspecified atom stereocenters. The summed E-state index contributed by atoms with van der Waals surface area (Å²) in [6, 6.07) is 16.0. The van der Waals surface area contributed by atoms with E-state index in [4.69, 9.17) is 0 Å². The van der Waals surface area contributed by atoms with Crippen molar-refractivity contribution in [2.24, 2.45) is 0 Å². The van der Waals surface area contributed by atoms with Crippen LogP contribution < -0.4 is 5.32 Å². The number of nitrogens with one attached hydrogen (secondary N) is 1. The molecule has 0 bridgehead atoms. The predicted octanol–water partition coefficient (Wildman–Crippen LogP) is 5.56. The Bertz CT molecular complexity index is 918. The fourth-order valence-electron chi connectivity index (χ4n) is 3.59. The predicted molar refractivity (Wildman–Crippen MR) is 133 cm³/mol. The highest BCUT2D eigenvalue weighted by molar-refractivity contribution is 5.87. The number of hydrogen-bond donors (Lipinski definition) is 1. The maximum absolute atomic E-state index is 13.3. The number of benzene rings is 2. The molecule has 1 atom stereocenters. The second-order valence-electron chi connectivity index (χ2n) is 10.8. The maximum Gasteiger partial charge on any atom is 0.242 e. The zero-order valence-electron chi connectivity index (χ0n) is 21.1. The number of nitrogens with zero attached hydrogens (tertiary/aromatic N) is 1. The Balaban J connectivity index is 2.17. The number of hydrogen-bond acceptors (Lipinski definition) is 2. The number of aryl methyl sites for hydroxylation is 2. The molecule has 0 fully saturated rings. The Labute approximate surface area is 194 Å². The Morgan fingerprint density at radius 3 is 2.06 bits per heavy atom. The van der Waals surface area contributed by atoms with Gasteiger partial charge in [-0.05, 0) is 68.7 Å². The van der Waals surface area contributed by atoms with E-state index >= 15 is 0 Å². The maximum atomic E-state index is 13.3. The summed E-state index contributed by atoms with van der Waals surface area (Å²) in [5, 5.41) is 3.02. The van der Waals surface area contributed by atoms with Crippen LogP contribution in [0.4, 0.5) is 0 Å². The summed E-state index contributed by atoms with van der Waals surface area (Å²) < 4.78 is 0. The molecule has 2 rings (SSSR count). The average molecular weight is 437 g/mol. The lowest BCUT2D eigenvalue weighted by atomic mass is 9.86. The summed E-state index contributed by atoms with van der Waals surface area (Å²) in [6.07, 6.45) is 1.02. The first-order valence-corrected chi connectivity index (χ1v) is 11.5. The summed E-state index contributed by atoms with van der Waals surface area (Å²) in [7, 11) is 0. The highest BCUT2D eigenvalue weighted by atomic mass is 16.2. The molecule has 2 amide bonds. The van der Waals surface area contributed by atoms with Crippen molar-refractivity contribution < 1.29 is 9.59 Å². The van der Waals surface area contributed by atoms with Crippen molar-refractivity contribution in [1.82, 2.24) is 10.2 Å². The van der Waals surface area contributed by atoms with Crippen LogP contribution in [0.3, 0.4) is 0 Å². The first-order valence-electron chi connectivity index (χ1n) is 11.5. The lowest BCUT2D eigenvalue weighted by Crippen LogP contribution is -2.52. The standard InChI is InChI=1S/C28H40N2O2/c1-20-11-9-10-12-23(20)19-30(21(2)26(32)29-28(6,7)8)25(31)18-15-22-13-16-24(17-14-22)27(3,4)5/h9-14,16-17,21H,15,18-19H2,1-8H3,(H,29,32)/t21-/m0/s1. The summed E-state index contributed by atoms with van der Waals surface area (Å²) >= 11 is 0. The van der Waals surface area contributed by atoms with Crippen LogP contribution in [0.5, 0.6) is 0 Å². The van der Waals surface area contributed by atoms with Gasteiger partial charge in [-0.1, -0.05) is 69.3 Å². The Morgan fingerprint density at radius 1 is 0.938 bits per heavy atom. The molecule has 0 saturated heterocycles. The third-order valence-corrected chi connectivity index (χ3v) is 5.71. The van der Waals surface area contributed by atoms with Crippen LogP contribution in [0.15, 0.2) is 48.5 Å². The van der Waals surface area contributed by atoms with Gasteiger partial charge in [0.1, 0.15) is 6.04 Å². The highest BCUT2D eigenvalue weighted by Gasteiger charge is 2.28. The van der Waals surface area contributed by atoms with E-state index in [1.165, 1.54) is 5.56 Å². The lowest BCUT2D eigenvalue weighted by molar-refractivity contribution is -0.141. The topological polar surface area (TPSA) is 49.4 Å². The number of rotatable bonds is 7. The van der Waals surface area contributed by atoms with Crippen molar-refractivity contribution in [3.8, 4) is 0 Å². The largest absolute Gasteiger partial charge is 0.350 e. The molecule has 0 aliphatic rings. The van der Waals surface area contributed by atoms with Gasteiger partial charge in [-0.15, -0.1) is 0 Å². The van der Waals surface area contributed by atoms with Gasteiger partial charge in [0.15, 0.2) is 0 Å². The van der Waals surface area contributed by atoms with Crippen LogP contribution in [0.1, 0.15) is 77.1 Å². The summed E-state index contributed by atoms with van der Waals surface area (Å²) in [6.45, 7) is 16.7. The molecule has 0 radical (unpaired) electrons. The Morgan fingerprint density at radius 2 is 1.53 bits per heavy atom. The second kappa shape index (κ2) is 10.3. The van der Waals surface area contributed by atoms with Crippen LogP contribution in [0.2, 0.25) is 0 Å². The number of carbonyl (C=O) groups excluding carboxylic acids is 2. The molecule has 2 aromatic carbocycles. The summed E-state index contributed by atoms with van der Waals surface area (Å²) in [5.74, 6) is -0.140. The first kappa shape index (κ1) is 25.6. The minimum atomic E-state index is -0.551. The van der Waals surface area contributed by atoms with Gasteiger partial charge >= 0.3 is 0 Å². The van der Waals surface area contributed by atoms with Crippen molar-refractivity contribution in [2.45, 2.75) is 91.8 Å². The van der Waals surface area contributed by atoms with Gasteiger partial charge in [-0.25, -0.2) is 0 Å². The summed E-state index contributed by atoms with van der Waals surface area (Å²) in [5.41, 5.74) is 4.35. The second-order valence-corrected chi connectivity index (χ2v) is 10.8. The van der Waals surface area contributed by atoms with Gasteiger partial charge in [0.05, 0.1) is 0 Å². The average Bonchev–Trinajstić information content (AvgIpc) is 2.69. The SMILES string of the molecule is Cc1ccccc1CN(C(=O)CCc1ccc(C(C)(C)C)cc1)[C@@H](C)C(=O)NC(C)(C)C. The van der Waals surface area contributed by atoms with E-state index in [-0.39, 0.29) is 22.8 Å². The molecule has 2 aromatic rings. The number of carbonyl (C=O) groups is 2. The minimum Gasteiger partial charge on any atom is -0.350 e. The van der Waals surface area contributed by atoms with Crippen molar-refractivity contribution in [3.63, 3.8) is 0 Å². The van der Waals surface area contributed by atoms with Gasteiger partial charge in [-0.3, -0.25) is 9.59 Å². The molecule has 0 aliphatic heterocycles. The van der Waals surface area contributed by atoms with Crippen molar-refractivity contribution in [3.05, 3.63) is 70.8 Å². The molecule has 4 heteroatoms. The minimum absolute atomic E-state index is 0.00953. The van der Waals surface area contributed by atoms with Crippen LogP contribution in [0.25, 0.3) is 0 Å². The smallest absolute Gasteiger partial charge is 0.242 e. The molecule has 32 heavy (non-hydrogen) atoms. The van der Waals surface area contributed by atoms with Gasteiger partial charge in [-0.2, -0.15) is 0 Å². The molecule has 0 heterocycles. The Kier molecular flexibility index (Phi) is 8.28. The fraction of sp³-hybridized carbons (Fsp3) is 0.500. The molecule has 0 saturated carbocycles. The molecule has 4 nitrogen and oxygen atoms in total. The van der Waals surface area contributed by atoms with Crippen LogP contribution >= 0.6 is 0 Å². The molecule has 0 aromatic heterocycles. The van der Waals surface area contributed by atoms with E-state index in [9.17, 15) is 9.59 Å². The van der Waals surface area contributed by atoms with E-state index in [0.717, 1.165) is 16.7 Å². The normalized spacial score (nSPS) is 12.9. The van der Waals surface area contributed by atoms with E-state index in [1.54, 1.807) is 4.90 Å². The van der Waals surface area contributed by atoms with Crippen LogP contribution in [-0.4, -0.2) is 28.3 Å². The van der Waals surface area contributed by atoms with E-state index < -0.39 is 6.04 Å². The van der Waals surface area contributed by atoms with E-state index in [1.807, 2.05) is 58.9 Å². The number of amides is 2. The van der Waals surface area contributed by atoms with Crippen LogP contribution in [-0.2, 0) is 28.0 Å². The monoisotopic (exact) mass is 436 g/mol. The quantitative estimate of drug-likeness (QED) is 0.618. The van der Waals surface area contributed by atoms with Gasteiger partial charge in [0.25, 0.3) is 0 Å². The van der Waals surface area contributed by atoms with Crippen LogP contribution in [0, 0.1) is 6.92 Å². The summed E-state index contributed by atoms with van der Waals surface area (Å²) in [4.78, 5) is 27.9. The third-order valence-electron chi connectivity index (χ3n) is 5.71. The third kappa shape index (κ3) is 7.51. The van der Waals surface area contributed by atoms with E-state index in [2.05, 4.69) is 50.4 Å². The molecule has 1 N–H and O–H groups in total.